The van der Waals surface area contributed by atoms with Crippen molar-refractivity contribution in [3.8, 4) is 5.75 Å². The van der Waals surface area contributed by atoms with Crippen LogP contribution in [-0.4, -0.2) is 18.0 Å². The van der Waals surface area contributed by atoms with Crippen LogP contribution in [0.4, 0.5) is 5.69 Å². The number of hydrogen-bond donors (Lipinski definition) is 2. The minimum atomic E-state index is -0.153. The van der Waals surface area contributed by atoms with Crippen molar-refractivity contribution in [2.75, 3.05) is 12.4 Å². The molecule has 0 atom stereocenters. The molecule has 0 saturated heterocycles. The Labute approximate surface area is 129 Å². The van der Waals surface area contributed by atoms with E-state index in [0.29, 0.717) is 5.69 Å². The number of aryl methyl sites for hydroxylation is 1. The summed E-state index contributed by atoms with van der Waals surface area (Å²) >= 11 is 0. The summed E-state index contributed by atoms with van der Waals surface area (Å²) in [4.78, 5) is 15.4. The topological polar surface area (TPSA) is 54.1 Å². The number of aromatic nitrogens is 1. The minimum Gasteiger partial charge on any atom is -0.497 e. The molecule has 0 radical (unpaired) electrons. The second-order valence-electron chi connectivity index (χ2n) is 5.14. The summed E-state index contributed by atoms with van der Waals surface area (Å²) in [6.07, 6.45) is 0.984. The fourth-order valence-electron chi connectivity index (χ4n) is 2.38. The summed E-state index contributed by atoms with van der Waals surface area (Å²) in [7, 11) is 1.63. The molecule has 1 amide bonds. The second-order valence-corrected chi connectivity index (χ2v) is 5.14. The standard InChI is InChI=1S/C18H18N2O2/c1-3-12-4-6-14(7-5-12)19-18(21)17-11-13-10-15(22-2)8-9-16(13)20-17/h4-11,20H,3H2,1-2H3,(H,19,21). The summed E-state index contributed by atoms with van der Waals surface area (Å²) in [5, 5.41) is 3.85. The van der Waals surface area contributed by atoms with Gasteiger partial charge in [0.05, 0.1) is 7.11 Å². The van der Waals surface area contributed by atoms with Crippen LogP contribution in [0.3, 0.4) is 0 Å². The van der Waals surface area contributed by atoms with Crippen LogP contribution in [0, 0.1) is 0 Å². The van der Waals surface area contributed by atoms with Gasteiger partial charge in [-0.05, 0) is 48.4 Å². The highest BCUT2D eigenvalue weighted by Gasteiger charge is 2.10. The first-order chi connectivity index (χ1) is 10.7. The molecule has 2 N–H and O–H groups in total. The number of anilines is 1. The van der Waals surface area contributed by atoms with Gasteiger partial charge in [0.2, 0.25) is 0 Å². The predicted octanol–water partition coefficient (Wildman–Crippen LogP) is 3.99. The molecule has 4 nitrogen and oxygen atoms in total. The fourth-order valence-corrected chi connectivity index (χ4v) is 2.38. The zero-order valence-corrected chi connectivity index (χ0v) is 12.6. The van der Waals surface area contributed by atoms with Crippen molar-refractivity contribution in [2.45, 2.75) is 13.3 Å². The number of aromatic amines is 1. The van der Waals surface area contributed by atoms with Crippen molar-refractivity contribution in [1.82, 2.24) is 4.98 Å². The Balaban J connectivity index is 1.81. The quantitative estimate of drug-likeness (QED) is 0.764. The molecule has 0 aliphatic heterocycles. The number of amides is 1. The molecule has 0 unspecified atom stereocenters. The van der Waals surface area contributed by atoms with Crippen LogP contribution in [0.2, 0.25) is 0 Å². The SMILES string of the molecule is CCc1ccc(NC(=O)c2cc3cc(OC)ccc3[nH]2)cc1. The van der Waals surface area contributed by atoms with Crippen LogP contribution in [-0.2, 0) is 6.42 Å². The molecule has 0 aliphatic rings. The zero-order valence-electron chi connectivity index (χ0n) is 12.6. The average molecular weight is 294 g/mol. The Morgan fingerprint density at radius 3 is 2.59 bits per heavy atom. The largest absolute Gasteiger partial charge is 0.497 e. The van der Waals surface area contributed by atoms with Crippen molar-refractivity contribution in [3.05, 3.63) is 59.8 Å². The van der Waals surface area contributed by atoms with Gasteiger partial charge in [-0.3, -0.25) is 4.79 Å². The lowest BCUT2D eigenvalue weighted by Gasteiger charge is -2.04. The van der Waals surface area contributed by atoms with Gasteiger partial charge >= 0.3 is 0 Å². The molecule has 3 rings (SSSR count). The lowest BCUT2D eigenvalue weighted by atomic mass is 10.1. The number of carbonyl (C=O) groups excluding carboxylic acids is 1. The number of fused-ring (bicyclic) bond motifs is 1. The summed E-state index contributed by atoms with van der Waals surface area (Å²) in [6.45, 7) is 2.10. The highest BCUT2D eigenvalue weighted by atomic mass is 16.5. The summed E-state index contributed by atoms with van der Waals surface area (Å²) < 4.78 is 5.20. The summed E-state index contributed by atoms with van der Waals surface area (Å²) in [5.41, 5.74) is 3.48. The maximum absolute atomic E-state index is 12.3. The molecular weight excluding hydrogens is 276 g/mol. The molecular formula is C18H18N2O2. The average Bonchev–Trinajstić information content (AvgIpc) is 2.98. The zero-order chi connectivity index (χ0) is 15.5. The Hall–Kier alpha value is -2.75. The van der Waals surface area contributed by atoms with E-state index in [9.17, 15) is 4.79 Å². The van der Waals surface area contributed by atoms with Crippen molar-refractivity contribution < 1.29 is 9.53 Å². The third-order valence-electron chi connectivity index (χ3n) is 3.69. The number of hydrogen-bond acceptors (Lipinski definition) is 2. The van der Waals surface area contributed by atoms with Crippen LogP contribution in [0.15, 0.2) is 48.5 Å². The highest BCUT2D eigenvalue weighted by Crippen LogP contribution is 2.22. The van der Waals surface area contributed by atoms with Gasteiger partial charge < -0.3 is 15.0 Å². The third kappa shape index (κ3) is 2.81. The van der Waals surface area contributed by atoms with Crippen LogP contribution in [0.25, 0.3) is 10.9 Å². The van der Waals surface area contributed by atoms with Gasteiger partial charge in [-0.1, -0.05) is 19.1 Å². The molecule has 1 heterocycles. The van der Waals surface area contributed by atoms with Gasteiger partial charge in [0, 0.05) is 16.6 Å². The Morgan fingerprint density at radius 2 is 1.91 bits per heavy atom. The number of methoxy groups -OCH3 is 1. The van der Waals surface area contributed by atoms with Crippen molar-refractivity contribution in [3.63, 3.8) is 0 Å². The van der Waals surface area contributed by atoms with E-state index in [4.69, 9.17) is 4.74 Å². The lowest BCUT2D eigenvalue weighted by Crippen LogP contribution is -2.12. The Bertz CT molecular complexity index is 804. The third-order valence-corrected chi connectivity index (χ3v) is 3.69. The smallest absolute Gasteiger partial charge is 0.272 e. The normalized spacial score (nSPS) is 10.6. The van der Waals surface area contributed by atoms with E-state index in [1.807, 2.05) is 48.5 Å². The van der Waals surface area contributed by atoms with Crippen LogP contribution < -0.4 is 10.1 Å². The number of H-pyrrole nitrogens is 1. The van der Waals surface area contributed by atoms with Gasteiger partial charge in [-0.2, -0.15) is 0 Å². The highest BCUT2D eigenvalue weighted by molar-refractivity contribution is 6.06. The van der Waals surface area contributed by atoms with Gasteiger partial charge in [0.25, 0.3) is 5.91 Å². The van der Waals surface area contributed by atoms with Gasteiger partial charge in [0.1, 0.15) is 11.4 Å². The predicted molar refractivity (Wildman–Crippen MR) is 88.6 cm³/mol. The van der Waals surface area contributed by atoms with Crippen LogP contribution >= 0.6 is 0 Å². The van der Waals surface area contributed by atoms with Crippen LogP contribution in [0.1, 0.15) is 23.0 Å². The number of carbonyl (C=O) groups is 1. The van der Waals surface area contributed by atoms with Gasteiger partial charge in [-0.15, -0.1) is 0 Å². The van der Waals surface area contributed by atoms with E-state index >= 15 is 0 Å². The lowest BCUT2D eigenvalue weighted by molar-refractivity contribution is 0.102. The first kappa shape index (κ1) is 14.2. The molecule has 0 spiro atoms. The second kappa shape index (κ2) is 5.93. The molecule has 3 aromatic rings. The molecule has 0 saturated carbocycles. The van der Waals surface area contributed by atoms with E-state index in [2.05, 4.69) is 17.2 Å². The monoisotopic (exact) mass is 294 g/mol. The van der Waals surface area contributed by atoms with Crippen molar-refractivity contribution in [1.29, 1.82) is 0 Å². The molecule has 0 fully saturated rings. The molecule has 0 bridgehead atoms. The van der Waals surface area contributed by atoms with E-state index in [-0.39, 0.29) is 5.91 Å². The van der Waals surface area contributed by atoms with Crippen LogP contribution in [0.5, 0.6) is 5.75 Å². The first-order valence-corrected chi connectivity index (χ1v) is 7.26. The molecule has 0 aliphatic carbocycles. The number of benzene rings is 2. The Kier molecular flexibility index (Phi) is 3.83. The number of rotatable bonds is 4. The van der Waals surface area contributed by atoms with E-state index in [1.165, 1.54) is 5.56 Å². The number of nitrogens with one attached hydrogen (secondary N) is 2. The van der Waals surface area contributed by atoms with E-state index in [1.54, 1.807) is 7.11 Å². The fraction of sp³-hybridized carbons (Fsp3) is 0.167. The molecule has 1 aromatic heterocycles. The maximum atomic E-state index is 12.3. The van der Waals surface area contributed by atoms with Gasteiger partial charge in [-0.25, -0.2) is 0 Å². The van der Waals surface area contributed by atoms with E-state index in [0.717, 1.165) is 28.8 Å². The molecule has 112 valence electrons. The number of ether oxygens (including phenoxy) is 1. The summed E-state index contributed by atoms with van der Waals surface area (Å²) in [5.74, 6) is 0.619. The Morgan fingerprint density at radius 1 is 1.14 bits per heavy atom. The van der Waals surface area contributed by atoms with Gasteiger partial charge in [0.15, 0.2) is 0 Å². The molecule has 2 aromatic carbocycles. The minimum absolute atomic E-state index is 0.153. The van der Waals surface area contributed by atoms with Crippen molar-refractivity contribution in [2.24, 2.45) is 0 Å². The summed E-state index contributed by atoms with van der Waals surface area (Å²) in [6, 6.07) is 15.4. The molecule has 22 heavy (non-hydrogen) atoms. The first-order valence-electron chi connectivity index (χ1n) is 7.26. The molecule has 4 heteroatoms. The maximum Gasteiger partial charge on any atom is 0.272 e. The van der Waals surface area contributed by atoms with E-state index < -0.39 is 0 Å². The van der Waals surface area contributed by atoms with Crippen molar-refractivity contribution >= 4 is 22.5 Å².